The summed E-state index contributed by atoms with van der Waals surface area (Å²) in [6, 6.07) is -0.241. The normalized spacial score (nSPS) is 14.3. The molecule has 19 heavy (non-hydrogen) atoms. The Bertz CT molecular complexity index is 265. The molecule has 0 saturated heterocycles. The van der Waals surface area contributed by atoms with Gasteiger partial charge in [-0.05, 0) is 40.0 Å². The lowest BCUT2D eigenvalue weighted by atomic mass is 9.83. The zero-order valence-corrected chi connectivity index (χ0v) is 13.5. The van der Waals surface area contributed by atoms with E-state index in [1.165, 1.54) is 0 Å². The summed E-state index contributed by atoms with van der Waals surface area (Å²) in [5.41, 5.74) is -0.286. The van der Waals surface area contributed by atoms with Crippen LogP contribution < -0.4 is 10.6 Å². The van der Waals surface area contributed by atoms with Crippen molar-refractivity contribution >= 4 is 5.91 Å². The van der Waals surface area contributed by atoms with Gasteiger partial charge in [-0.1, -0.05) is 20.8 Å². The van der Waals surface area contributed by atoms with Gasteiger partial charge in [0.15, 0.2) is 0 Å². The summed E-state index contributed by atoms with van der Waals surface area (Å²) in [4.78, 5) is 12.1. The molecule has 0 aliphatic rings. The number of rotatable bonds is 9. The van der Waals surface area contributed by atoms with Gasteiger partial charge in [-0.25, -0.2) is 0 Å². The Morgan fingerprint density at radius 2 is 1.68 bits per heavy atom. The van der Waals surface area contributed by atoms with Gasteiger partial charge in [0.25, 0.3) is 0 Å². The first kappa shape index (κ1) is 18.4. The number of aliphatic hydroxyl groups is 1. The van der Waals surface area contributed by atoms with Crippen LogP contribution in [0.2, 0.25) is 0 Å². The second kappa shape index (κ2) is 7.85. The van der Waals surface area contributed by atoms with Gasteiger partial charge in [0, 0.05) is 24.1 Å². The maximum absolute atomic E-state index is 12.1. The van der Waals surface area contributed by atoms with Crippen LogP contribution in [-0.2, 0) is 4.79 Å². The second-order valence-electron chi connectivity index (χ2n) is 6.19. The van der Waals surface area contributed by atoms with Crippen molar-refractivity contribution in [3.63, 3.8) is 0 Å². The highest BCUT2D eigenvalue weighted by molar-refractivity contribution is 5.81. The zero-order chi connectivity index (χ0) is 15.1. The molecule has 0 rings (SSSR count). The van der Waals surface area contributed by atoms with Gasteiger partial charge in [-0.15, -0.1) is 0 Å². The van der Waals surface area contributed by atoms with Gasteiger partial charge >= 0.3 is 0 Å². The Balaban J connectivity index is 4.38. The van der Waals surface area contributed by atoms with E-state index in [1.807, 2.05) is 20.8 Å². The van der Waals surface area contributed by atoms with Crippen molar-refractivity contribution in [1.29, 1.82) is 0 Å². The number of hydrogen-bond donors (Lipinski definition) is 3. The Labute approximate surface area is 118 Å². The molecule has 0 aliphatic carbocycles. The number of amides is 1. The van der Waals surface area contributed by atoms with Crippen LogP contribution in [0.15, 0.2) is 0 Å². The summed E-state index contributed by atoms with van der Waals surface area (Å²) >= 11 is 0. The van der Waals surface area contributed by atoms with Crippen LogP contribution in [0.25, 0.3) is 0 Å². The predicted molar refractivity (Wildman–Crippen MR) is 80.1 cm³/mol. The standard InChI is InChI=1S/C15H32N2O2/c1-7-14(5,6)17-13(19)12(4)16-10-15(8-2,9-3)11-18/h12,16,18H,7-11H2,1-6H3,(H,17,19). The lowest BCUT2D eigenvalue weighted by Gasteiger charge is -2.32. The molecule has 0 fully saturated rings. The lowest BCUT2D eigenvalue weighted by Crippen LogP contribution is -2.52. The number of nitrogens with one attached hydrogen (secondary N) is 2. The summed E-state index contributed by atoms with van der Waals surface area (Å²) in [5.74, 6) is 0.0193. The molecular formula is C15H32N2O2. The van der Waals surface area contributed by atoms with Gasteiger partial charge in [0.1, 0.15) is 0 Å². The van der Waals surface area contributed by atoms with Crippen LogP contribution in [0.1, 0.15) is 60.8 Å². The van der Waals surface area contributed by atoms with Crippen molar-refractivity contribution < 1.29 is 9.90 Å². The van der Waals surface area contributed by atoms with Crippen molar-refractivity contribution in [1.82, 2.24) is 10.6 Å². The predicted octanol–water partition coefficient (Wildman–Crippen LogP) is 2.07. The highest BCUT2D eigenvalue weighted by Crippen LogP contribution is 2.24. The van der Waals surface area contributed by atoms with Crippen LogP contribution in [0.4, 0.5) is 0 Å². The third kappa shape index (κ3) is 5.91. The topological polar surface area (TPSA) is 61.4 Å². The number of hydrogen-bond acceptors (Lipinski definition) is 3. The molecule has 3 N–H and O–H groups in total. The average Bonchev–Trinajstić information content (AvgIpc) is 2.40. The Hall–Kier alpha value is -0.610. The van der Waals surface area contributed by atoms with Crippen LogP contribution >= 0.6 is 0 Å². The van der Waals surface area contributed by atoms with Crippen molar-refractivity contribution in [3.05, 3.63) is 0 Å². The summed E-state index contributed by atoms with van der Waals surface area (Å²) in [7, 11) is 0. The van der Waals surface area contributed by atoms with Crippen LogP contribution in [-0.4, -0.2) is 35.7 Å². The van der Waals surface area contributed by atoms with Gasteiger partial charge in [0.05, 0.1) is 6.04 Å². The monoisotopic (exact) mass is 272 g/mol. The van der Waals surface area contributed by atoms with E-state index in [4.69, 9.17) is 0 Å². The molecule has 4 heteroatoms. The fourth-order valence-electron chi connectivity index (χ4n) is 1.77. The molecule has 0 heterocycles. The quantitative estimate of drug-likeness (QED) is 0.602. The zero-order valence-electron chi connectivity index (χ0n) is 13.5. The summed E-state index contributed by atoms with van der Waals surface area (Å²) in [6.07, 6.45) is 2.71. The maximum atomic E-state index is 12.1. The maximum Gasteiger partial charge on any atom is 0.237 e. The van der Waals surface area contributed by atoms with Crippen LogP contribution in [0.5, 0.6) is 0 Å². The van der Waals surface area contributed by atoms with Gasteiger partial charge in [-0.3, -0.25) is 4.79 Å². The van der Waals surface area contributed by atoms with E-state index in [0.717, 1.165) is 19.3 Å². The van der Waals surface area contributed by atoms with E-state index in [1.54, 1.807) is 0 Å². The fourth-order valence-corrected chi connectivity index (χ4v) is 1.77. The first-order valence-corrected chi connectivity index (χ1v) is 7.42. The fraction of sp³-hybridized carbons (Fsp3) is 0.933. The number of carbonyl (C=O) groups excluding carboxylic acids is 1. The SMILES string of the molecule is CCC(CC)(CO)CNC(C)C(=O)NC(C)(C)CC. The molecule has 0 aliphatic heterocycles. The highest BCUT2D eigenvalue weighted by Gasteiger charge is 2.27. The van der Waals surface area contributed by atoms with Crippen LogP contribution in [0, 0.1) is 5.41 Å². The molecule has 0 saturated carbocycles. The van der Waals surface area contributed by atoms with Crippen LogP contribution in [0.3, 0.4) is 0 Å². The smallest absolute Gasteiger partial charge is 0.237 e. The van der Waals surface area contributed by atoms with E-state index in [0.29, 0.717) is 6.54 Å². The van der Waals surface area contributed by atoms with E-state index >= 15 is 0 Å². The molecule has 114 valence electrons. The van der Waals surface area contributed by atoms with Gasteiger partial charge in [0.2, 0.25) is 5.91 Å². The van der Waals surface area contributed by atoms with Crippen molar-refractivity contribution in [3.8, 4) is 0 Å². The van der Waals surface area contributed by atoms with Gasteiger partial charge < -0.3 is 15.7 Å². The molecule has 4 nitrogen and oxygen atoms in total. The minimum atomic E-state index is -0.241. The highest BCUT2D eigenvalue weighted by atomic mass is 16.3. The second-order valence-corrected chi connectivity index (χ2v) is 6.19. The Morgan fingerprint density at radius 3 is 2.05 bits per heavy atom. The largest absolute Gasteiger partial charge is 0.396 e. The summed E-state index contributed by atoms with van der Waals surface area (Å²) < 4.78 is 0. The molecule has 0 aromatic carbocycles. The first-order chi connectivity index (χ1) is 8.75. The molecule has 0 radical (unpaired) electrons. The minimum Gasteiger partial charge on any atom is -0.396 e. The third-order valence-electron chi connectivity index (χ3n) is 4.36. The molecule has 1 unspecified atom stereocenters. The molecule has 0 bridgehead atoms. The van der Waals surface area contributed by atoms with Crippen molar-refractivity contribution in [2.45, 2.75) is 72.4 Å². The third-order valence-corrected chi connectivity index (χ3v) is 4.36. The molecule has 0 aromatic rings. The number of carbonyl (C=O) groups is 1. The molecule has 0 spiro atoms. The van der Waals surface area contributed by atoms with Gasteiger partial charge in [-0.2, -0.15) is 0 Å². The number of aliphatic hydroxyl groups excluding tert-OH is 1. The molecular weight excluding hydrogens is 240 g/mol. The molecule has 0 aromatic heterocycles. The first-order valence-electron chi connectivity index (χ1n) is 7.42. The molecule has 1 amide bonds. The van der Waals surface area contributed by atoms with Crippen molar-refractivity contribution in [2.24, 2.45) is 5.41 Å². The summed E-state index contributed by atoms with van der Waals surface area (Å²) in [6.45, 7) is 12.9. The summed E-state index contributed by atoms with van der Waals surface area (Å²) in [5, 5.41) is 15.8. The van der Waals surface area contributed by atoms with Crippen molar-refractivity contribution in [2.75, 3.05) is 13.2 Å². The van der Waals surface area contributed by atoms with E-state index < -0.39 is 0 Å². The molecule has 1 atom stereocenters. The minimum absolute atomic E-state index is 0.0193. The van der Waals surface area contributed by atoms with E-state index in [-0.39, 0.29) is 29.5 Å². The Morgan fingerprint density at radius 1 is 1.16 bits per heavy atom. The van der Waals surface area contributed by atoms with E-state index in [9.17, 15) is 9.90 Å². The average molecular weight is 272 g/mol. The lowest BCUT2D eigenvalue weighted by molar-refractivity contribution is -0.124. The Kier molecular flexibility index (Phi) is 7.60. The van der Waals surface area contributed by atoms with E-state index in [2.05, 4.69) is 31.4 Å².